The minimum absolute atomic E-state index is 0.0766. The van der Waals surface area contributed by atoms with E-state index in [-0.39, 0.29) is 12.1 Å². The fraction of sp³-hybridized carbons (Fsp3) is 0.400. The van der Waals surface area contributed by atoms with Gasteiger partial charge in [-0.2, -0.15) is 16.7 Å². The molecule has 0 unspecified atom stereocenters. The molecule has 6 nitrogen and oxygen atoms in total. The predicted molar refractivity (Wildman–Crippen MR) is 85.6 cm³/mol. The zero-order valence-corrected chi connectivity index (χ0v) is 13.2. The fourth-order valence-electron chi connectivity index (χ4n) is 2.22. The second-order valence-electron chi connectivity index (χ2n) is 5.09. The van der Waals surface area contributed by atoms with Crippen LogP contribution in [0.3, 0.4) is 0 Å². The van der Waals surface area contributed by atoms with E-state index in [1.165, 1.54) is 0 Å². The number of nitrogens with zero attached hydrogens (tertiary/aromatic N) is 3. The van der Waals surface area contributed by atoms with Crippen LogP contribution in [0, 0.1) is 0 Å². The molecule has 1 atom stereocenters. The summed E-state index contributed by atoms with van der Waals surface area (Å²) >= 11 is 1.87. The lowest BCUT2D eigenvalue weighted by Gasteiger charge is -2.27. The van der Waals surface area contributed by atoms with Gasteiger partial charge in [0, 0.05) is 30.2 Å². The molecular formula is C15H18N4O2S. The summed E-state index contributed by atoms with van der Waals surface area (Å²) in [4.78, 5) is 18.4. The van der Waals surface area contributed by atoms with E-state index in [2.05, 4.69) is 15.5 Å². The molecule has 2 heterocycles. The van der Waals surface area contributed by atoms with Crippen molar-refractivity contribution < 1.29 is 9.32 Å². The first kappa shape index (κ1) is 14.9. The number of hydrogen-bond acceptors (Lipinski definition) is 5. The van der Waals surface area contributed by atoms with Crippen LogP contribution in [0.15, 0.2) is 34.9 Å². The number of aromatic nitrogens is 2. The second kappa shape index (κ2) is 6.83. The Morgan fingerprint density at radius 3 is 2.77 bits per heavy atom. The minimum Gasteiger partial charge on any atom is -0.337 e. The summed E-state index contributed by atoms with van der Waals surface area (Å²) in [5, 5.41) is 6.89. The van der Waals surface area contributed by atoms with E-state index in [9.17, 15) is 4.79 Å². The van der Waals surface area contributed by atoms with Crippen molar-refractivity contribution in [2.24, 2.45) is 0 Å². The highest BCUT2D eigenvalue weighted by atomic mass is 32.2. The van der Waals surface area contributed by atoms with Crippen molar-refractivity contribution in [2.45, 2.75) is 13.0 Å². The lowest BCUT2D eigenvalue weighted by Crippen LogP contribution is -2.45. The van der Waals surface area contributed by atoms with Crippen molar-refractivity contribution in [3.8, 4) is 11.4 Å². The SMILES string of the molecule is C[C@@H](NC(=O)N1CCSCC1)c1nc(-c2ccccc2)no1. The van der Waals surface area contributed by atoms with Gasteiger partial charge in [-0.1, -0.05) is 35.5 Å². The molecule has 0 saturated carbocycles. The highest BCUT2D eigenvalue weighted by Crippen LogP contribution is 2.18. The maximum Gasteiger partial charge on any atom is 0.318 e. The van der Waals surface area contributed by atoms with Gasteiger partial charge in [-0.3, -0.25) is 0 Å². The van der Waals surface area contributed by atoms with Crippen LogP contribution >= 0.6 is 11.8 Å². The normalized spacial score (nSPS) is 16.3. The molecular weight excluding hydrogens is 300 g/mol. The van der Waals surface area contributed by atoms with Crippen LogP contribution in [0.5, 0.6) is 0 Å². The molecule has 1 N–H and O–H groups in total. The molecule has 0 spiro atoms. The number of rotatable bonds is 3. The summed E-state index contributed by atoms with van der Waals surface area (Å²) in [6.45, 7) is 3.41. The van der Waals surface area contributed by atoms with Gasteiger partial charge in [-0.25, -0.2) is 4.79 Å². The van der Waals surface area contributed by atoms with Gasteiger partial charge in [0.25, 0.3) is 0 Å². The molecule has 1 aromatic heterocycles. The average molecular weight is 318 g/mol. The molecule has 116 valence electrons. The molecule has 0 bridgehead atoms. The zero-order valence-electron chi connectivity index (χ0n) is 12.4. The second-order valence-corrected chi connectivity index (χ2v) is 6.32. The van der Waals surface area contributed by atoms with Gasteiger partial charge < -0.3 is 14.7 Å². The van der Waals surface area contributed by atoms with Crippen LogP contribution in [0.4, 0.5) is 4.79 Å². The van der Waals surface area contributed by atoms with Crippen LogP contribution in [-0.4, -0.2) is 45.7 Å². The number of amides is 2. The highest BCUT2D eigenvalue weighted by Gasteiger charge is 2.22. The maximum absolute atomic E-state index is 12.2. The fourth-order valence-corrected chi connectivity index (χ4v) is 3.12. The number of hydrogen-bond donors (Lipinski definition) is 1. The van der Waals surface area contributed by atoms with E-state index < -0.39 is 0 Å². The summed E-state index contributed by atoms with van der Waals surface area (Å²) in [6.07, 6.45) is 0. The van der Waals surface area contributed by atoms with Crippen molar-refractivity contribution in [3.05, 3.63) is 36.2 Å². The average Bonchev–Trinajstić information content (AvgIpc) is 3.06. The van der Waals surface area contributed by atoms with Gasteiger partial charge in [0.15, 0.2) is 0 Å². The van der Waals surface area contributed by atoms with Crippen LogP contribution in [0.2, 0.25) is 0 Å². The van der Waals surface area contributed by atoms with E-state index in [1.807, 2.05) is 53.9 Å². The van der Waals surface area contributed by atoms with E-state index in [0.29, 0.717) is 11.7 Å². The van der Waals surface area contributed by atoms with Crippen LogP contribution < -0.4 is 5.32 Å². The van der Waals surface area contributed by atoms with Gasteiger partial charge in [0.1, 0.15) is 6.04 Å². The van der Waals surface area contributed by atoms with Crippen molar-refractivity contribution in [1.29, 1.82) is 0 Å². The van der Waals surface area contributed by atoms with Gasteiger partial charge in [-0.15, -0.1) is 0 Å². The molecule has 2 aromatic rings. The largest absolute Gasteiger partial charge is 0.337 e. The van der Waals surface area contributed by atoms with Gasteiger partial charge in [-0.05, 0) is 6.92 Å². The molecule has 7 heteroatoms. The molecule has 1 fully saturated rings. The minimum atomic E-state index is -0.313. The Morgan fingerprint density at radius 2 is 2.05 bits per heavy atom. The number of benzene rings is 1. The van der Waals surface area contributed by atoms with Gasteiger partial charge in [0.2, 0.25) is 11.7 Å². The summed E-state index contributed by atoms with van der Waals surface area (Å²) in [5.41, 5.74) is 0.893. The van der Waals surface area contributed by atoms with E-state index in [4.69, 9.17) is 4.52 Å². The first-order chi connectivity index (χ1) is 10.7. The third-order valence-corrected chi connectivity index (χ3v) is 4.42. The summed E-state index contributed by atoms with van der Waals surface area (Å²) in [6, 6.07) is 9.23. The lowest BCUT2D eigenvalue weighted by atomic mass is 10.2. The van der Waals surface area contributed by atoms with Crippen molar-refractivity contribution in [3.63, 3.8) is 0 Å². The molecule has 1 aliphatic heterocycles. The highest BCUT2D eigenvalue weighted by molar-refractivity contribution is 7.99. The Bertz CT molecular complexity index is 625. The Kier molecular flexibility index (Phi) is 4.62. The molecule has 1 aliphatic rings. The van der Waals surface area contributed by atoms with Crippen LogP contribution in [-0.2, 0) is 0 Å². The number of nitrogens with one attached hydrogen (secondary N) is 1. The van der Waals surface area contributed by atoms with E-state index in [1.54, 1.807) is 0 Å². The quantitative estimate of drug-likeness (QED) is 0.941. The topological polar surface area (TPSA) is 71.3 Å². The molecule has 1 aromatic carbocycles. The number of carbonyl (C=O) groups is 1. The van der Waals surface area contributed by atoms with E-state index >= 15 is 0 Å². The van der Waals surface area contributed by atoms with Crippen LogP contribution in [0.1, 0.15) is 18.9 Å². The number of thioether (sulfide) groups is 1. The molecule has 0 radical (unpaired) electrons. The van der Waals surface area contributed by atoms with Crippen molar-refractivity contribution >= 4 is 17.8 Å². The Labute approximate surface area is 133 Å². The standard InChI is InChI=1S/C15H18N4O2S/c1-11(16-15(20)19-7-9-22-10-8-19)14-17-13(18-21-14)12-5-3-2-4-6-12/h2-6,11H,7-10H2,1H3,(H,16,20)/t11-/m1/s1. The van der Waals surface area contributed by atoms with Gasteiger partial charge in [0.05, 0.1) is 0 Å². The van der Waals surface area contributed by atoms with Crippen molar-refractivity contribution in [1.82, 2.24) is 20.4 Å². The van der Waals surface area contributed by atoms with Crippen LogP contribution in [0.25, 0.3) is 11.4 Å². The Hall–Kier alpha value is -2.02. The lowest BCUT2D eigenvalue weighted by molar-refractivity contribution is 0.196. The number of urea groups is 1. The first-order valence-electron chi connectivity index (χ1n) is 7.26. The summed E-state index contributed by atoms with van der Waals surface area (Å²) in [7, 11) is 0. The molecule has 1 saturated heterocycles. The van der Waals surface area contributed by atoms with Crippen molar-refractivity contribution in [2.75, 3.05) is 24.6 Å². The number of carbonyl (C=O) groups excluding carboxylic acids is 1. The summed E-state index contributed by atoms with van der Waals surface area (Å²) in [5.74, 6) is 2.92. The summed E-state index contributed by atoms with van der Waals surface area (Å²) < 4.78 is 5.27. The Balaban J connectivity index is 1.64. The maximum atomic E-state index is 12.2. The van der Waals surface area contributed by atoms with E-state index in [0.717, 1.165) is 30.2 Å². The third kappa shape index (κ3) is 3.41. The molecule has 22 heavy (non-hydrogen) atoms. The molecule has 3 rings (SSSR count). The first-order valence-corrected chi connectivity index (χ1v) is 8.42. The predicted octanol–water partition coefficient (Wildman–Crippen LogP) is 2.56. The molecule has 2 amide bonds. The third-order valence-electron chi connectivity index (χ3n) is 3.48. The van der Waals surface area contributed by atoms with Gasteiger partial charge >= 0.3 is 6.03 Å². The zero-order chi connectivity index (χ0) is 15.4. The molecule has 0 aliphatic carbocycles. The smallest absolute Gasteiger partial charge is 0.318 e. The Morgan fingerprint density at radius 1 is 1.32 bits per heavy atom. The monoisotopic (exact) mass is 318 g/mol.